The molecule has 1 fully saturated rings. The largest absolute Gasteiger partial charge is 1.00 e. The van der Waals surface area contributed by atoms with E-state index in [4.69, 9.17) is 0 Å². The van der Waals surface area contributed by atoms with Gasteiger partial charge >= 0.3 is 41.9 Å². The van der Waals surface area contributed by atoms with Crippen molar-refractivity contribution in [2.45, 2.75) is 69.9 Å². The van der Waals surface area contributed by atoms with Crippen molar-refractivity contribution in [1.29, 1.82) is 0 Å². The number of aryl methyl sites for hydroxylation is 1. The Hall–Kier alpha value is -1.44. The Bertz CT molecular complexity index is 1370. The summed E-state index contributed by atoms with van der Waals surface area (Å²) < 4.78 is 0. The Labute approximate surface area is 263 Å². The number of hydrogen-bond donors (Lipinski definition) is 0. The van der Waals surface area contributed by atoms with Crippen LogP contribution in [0.15, 0.2) is 96.2 Å². The summed E-state index contributed by atoms with van der Waals surface area (Å²) in [6.07, 6.45) is 31.4. The predicted molar refractivity (Wildman–Crippen MR) is 155 cm³/mol. The molecule has 5 aliphatic carbocycles. The van der Waals surface area contributed by atoms with Crippen LogP contribution < -0.4 is 24.8 Å². The minimum atomic E-state index is 0. The van der Waals surface area contributed by atoms with E-state index in [9.17, 15) is 0 Å². The molecule has 2 unspecified atom stereocenters. The molecule has 0 amide bonds. The number of benzene rings is 2. The van der Waals surface area contributed by atoms with E-state index in [1.165, 1.54) is 76.6 Å². The summed E-state index contributed by atoms with van der Waals surface area (Å²) in [4.78, 5) is 0. The summed E-state index contributed by atoms with van der Waals surface area (Å²) in [7, 11) is 0. The van der Waals surface area contributed by atoms with E-state index >= 15 is 0 Å². The molecular formula is C35H36Cl2SiZr-2. The zero-order valence-electron chi connectivity index (χ0n) is 23.1. The molecule has 2 aromatic rings. The molecule has 0 nitrogen and oxygen atoms in total. The van der Waals surface area contributed by atoms with Crippen LogP contribution in [0.25, 0.3) is 0 Å². The summed E-state index contributed by atoms with van der Waals surface area (Å²) in [6.45, 7) is 6.74. The van der Waals surface area contributed by atoms with E-state index in [1.807, 2.05) is 0 Å². The van der Waals surface area contributed by atoms with Crippen molar-refractivity contribution in [3.05, 3.63) is 142 Å². The number of rotatable bonds is 1. The van der Waals surface area contributed by atoms with E-state index in [0.29, 0.717) is 11.8 Å². The van der Waals surface area contributed by atoms with Crippen molar-refractivity contribution in [2.24, 2.45) is 0 Å². The second-order valence-corrected chi connectivity index (χ2v) is 20.3. The molecule has 5 aliphatic rings. The van der Waals surface area contributed by atoms with Crippen LogP contribution in [0.3, 0.4) is 0 Å². The van der Waals surface area contributed by atoms with Gasteiger partial charge in [0.05, 0.1) is 0 Å². The molecule has 0 spiro atoms. The average molecular weight is 647 g/mol. The van der Waals surface area contributed by atoms with Gasteiger partial charge in [0.1, 0.15) is 0 Å². The van der Waals surface area contributed by atoms with E-state index < -0.39 is 0 Å². The fourth-order valence-electron chi connectivity index (χ4n) is 5.87. The maximum absolute atomic E-state index is 3.59. The van der Waals surface area contributed by atoms with Gasteiger partial charge in [0.15, 0.2) is 0 Å². The number of fused-ring (bicyclic) bond motifs is 6. The second kappa shape index (κ2) is 15.0. The molecule has 0 saturated heterocycles. The molecular weight excluding hydrogens is 611 g/mol. The molecule has 39 heavy (non-hydrogen) atoms. The van der Waals surface area contributed by atoms with Crippen LogP contribution in [0, 0.1) is 19.1 Å². The Balaban J connectivity index is 0.000000187. The molecule has 4 heteroatoms. The molecule has 0 aliphatic heterocycles. The van der Waals surface area contributed by atoms with Crippen molar-refractivity contribution < 1.29 is 48.1 Å². The van der Waals surface area contributed by atoms with Crippen molar-refractivity contribution in [1.82, 2.24) is 0 Å². The SMILES string of the molecule is C[Si](C)=[Zr+2].Cc1ccc2c(c1)[C-]=C1C=CC=CC12.[C-]1=C2C=CC=CC2c2ccc(C3CCCCC3)cc21.[Cl-].[Cl-]. The molecule has 7 rings (SSSR count). The molecule has 0 radical (unpaired) electrons. The first-order valence-corrected chi connectivity index (χ1v) is 19.9. The van der Waals surface area contributed by atoms with Crippen LogP contribution in [0.2, 0.25) is 13.1 Å². The molecule has 0 bridgehead atoms. The van der Waals surface area contributed by atoms with Gasteiger partial charge in [0.25, 0.3) is 0 Å². The van der Waals surface area contributed by atoms with Crippen LogP contribution in [-0.2, 0) is 23.3 Å². The zero-order valence-corrected chi connectivity index (χ0v) is 28.1. The zero-order chi connectivity index (χ0) is 25.8. The van der Waals surface area contributed by atoms with Crippen molar-refractivity contribution in [2.75, 3.05) is 0 Å². The van der Waals surface area contributed by atoms with Crippen molar-refractivity contribution in [3.63, 3.8) is 0 Å². The minimum Gasteiger partial charge on any atom is -1.00 e. The van der Waals surface area contributed by atoms with Crippen LogP contribution >= 0.6 is 0 Å². The summed E-state index contributed by atoms with van der Waals surface area (Å²) in [6, 6.07) is 13.7. The average Bonchev–Trinajstić information content (AvgIpc) is 3.46. The van der Waals surface area contributed by atoms with E-state index in [2.05, 4.69) is 117 Å². The number of hydrogen-bond acceptors (Lipinski definition) is 0. The van der Waals surface area contributed by atoms with Crippen LogP contribution in [-0.4, -0.2) is 5.43 Å². The van der Waals surface area contributed by atoms with E-state index in [1.54, 1.807) is 23.3 Å². The Morgan fingerprint density at radius 1 is 0.718 bits per heavy atom. The fraction of sp³-hybridized carbons (Fsp3) is 0.314. The van der Waals surface area contributed by atoms with Crippen molar-refractivity contribution in [3.8, 4) is 0 Å². The Morgan fingerprint density at radius 3 is 1.79 bits per heavy atom. The van der Waals surface area contributed by atoms with Gasteiger partial charge in [0, 0.05) is 0 Å². The van der Waals surface area contributed by atoms with Crippen LogP contribution in [0.4, 0.5) is 0 Å². The third-order valence-electron chi connectivity index (χ3n) is 7.64. The molecule has 200 valence electrons. The molecule has 0 N–H and O–H groups in total. The summed E-state index contributed by atoms with van der Waals surface area (Å²) in [5, 5.41) is 0. The number of allylic oxidation sites excluding steroid dienone is 10. The van der Waals surface area contributed by atoms with Gasteiger partial charge in [-0.15, -0.1) is 94.1 Å². The van der Waals surface area contributed by atoms with Gasteiger partial charge in [-0.2, -0.15) is 0 Å². The Morgan fingerprint density at radius 2 is 1.23 bits per heavy atom. The summed E-state index contributed by atoms with van der Waals surface area (Å²) in [5.41, 5.74) is 11.1. The van der Waals surface area contributed by atoms with Gasteiger partial charge in [-0.1, -0.05) is 66.8 Å². The topological polar surface area (TPSA) is 0 Å². The van der Waals surface area contributed by atoms with Gasteiger partial charge < -0.3 is 24.8 Å². The maximum atomic E-state index is 3.59. The fourth-order valence-corrected chi connectivity index (χ4v) is 5.87. The molecule has 0 heterocycles. The van der Waals surface area contributed by atoms with Gasteiger partial charge in [0.2, 0.25) is 0 Å². The van der Waals surface area contributed by atoms with Gasteiger partial charge in [-0.25, -0.2) is 0 Å². The van der Waals surface area contributed by atoms with Gasteiger partial charge in [-0.3, -0.25) is 0 Å². The first-order valence-electron chi connectivity index (χ1n) is 13.7. The van der Waals surface area contributed by atoms with E-state index in [0.717, 1.165) is 5.92 Å². The minimum absolute atomic E-state index is 0. The number of halogens is 2. The smallest absolute Gasteiger partial charge is 0.0235 e. The molecule has 1 saturated carbocycles. The molecule has 0 aromatic heterocycles. The third kappa shape index (κ3) is 7.85. The first-order chi connectivity index (χ1) is 18.0. The second-order valence-electron chi connectivity index (χ2n) is 10.9. The van der Waals surface area contributed by atoms with Gasteiger partial charge in [-0.05, 0) is 37.5 Å². The van der Waals surface area contributed by atoms with Crippen LogP contribution in [0.5, 0.6) is 0 Å². The maximum Gasteiger partial charge on any atom is -0.0235 e. The predicted octanol–water partition coefficient (Wildman–Crippen LogP) is 3.12. The van der Waals surface area contributed by atoms with E-state index in [-0.39, 0.29) is 30.2 Å². The summed E-state index contributed by atoms with van der Waals surface area (Å²) in [5.74, 6) is 1.70. The normalized spacial score (nSPS) is 20.7. The quantitative estimate of drug-likeness (QED) is 0.330. The standard InChI is InChI=1S/C19H19.C14H11.C2H6Si.2ClH.Zr/c1-2-6-14(7-3-1)15-10-11-19-17(12-15)13-16-8-4-5-9-18(16)19;1-10-6-7-14-12(8-10)9-11-4-2-3-5-13(11)14;1-3-2;;;/h4-5,8-12,14,18H,1-3,6-7H2;2-8,13H,1H3;1-2H3;2*1H;/q2*-1;;;;+2/p-2. The molecule has 2 aromatic carbocycles. The molecule has 2 atom stereocenters. The van der Waals surface area contributed by atoms with Crippen LogP contribution in [0.1, 0.15) is 83.2 Å². The Kier molecular flexibility index (Phi) is 12.3. The summed E-state index contributed by atoms with van der Waals surface area (Å²) >= 11 is 1.74. The monoisotopic (exact) mass is 644 g/mol. The van der Waals surface area contributed by atoms with Crippen molar-refractivity contribution >= 4 is 5.43 Å². The first kappa shape index (κ1) is 32.1. The third-order valence-corrected chi connectivity index (χ3v) is 7.64.